The maximum atomic E-state index is 10.6. The highest BCUT2D eigenvalue weighted by atomic mass is 16.5. The van der Waals surface area contributed by atoms with Gasteiger partial charge >= 0.3 is 6.03 Å². The maximum Gasteiger partial charge on any atom is 0.338 e. The van der Waals surface area contributed by atoms with E-state index in [1.807, 2.05) is 12.1 Å². The fourth-order valence-corrected chi connectivity index (χ4v) is 2.33. The first-order valence-corrected chi connectivity index (χ1v) is 5.52. The molecule has 0 spiro atoms. The average Bonchev–Trinajstić information content (AvgIpc) is 2.69. The summed E-state index contributed by atoms with van der Waals surface area (Å²) in [6.07, 6.45) is 2.94. The van der Waals surface area contributed by atoms with E-state index in [1.165, 1.54) is 11.1 Å². The Hall–Kier alpha value is -1.55. The monoisotopic (exact) mass is 220 g/mol. The van der Waals surface area contributed by atoms with E-state index >= 15 is 0 Å². The van der Waals surface area contributed by atoms with Gasteiger partial charge in [0.15, 0.2) is 0 Å². The van der Waals surface area contributed by atoms with Gasteiger partial charge in [-0.1, -0.05) is 24.3 Å². The van der Waals surface area contributed by atoms with Gasteiger partial charge in [0.2, 0.25) is 0 Å². The summed E-state index contributed by atoms with van der Waals surface area (Å²) < 4.78 is 0. The van der Waals surface area contributed by atoms with E-state index in [0.29, 0.717) is 17.5 Å². The van der Waals surface area contributed by atoms with Gasteiger partial charge in [-0.3, -0.25) is 5.21 Å². The fraction of sp³-hybridized carbons (Fsp3) is 0.417. The highest BCUT2D eigenvalue weighted by molar-refractivity contribution is 5.70. The standard InChI is InChI=1S/C12H16N2O2/c13-12(15)14(16)8-7-10-6-5-9-3-1-2-4-11(9)10/h1-4,10,16H,5-8H2,(H2,13,15). The van der Waals surface area contributed by atoms with Crippen LogP contribution in [0.1, 0.15) is 29.9 Å². The molecule has 0 aromatic heterocycles. The number of carbonyl (C=O) groups is 1. The molecule has 1 aliphatic rings. The second-order valence-corrected chi connectivity index (χ2v) is 4.18. The Morgan fingerprint density at radius 3 is 3.00 bits per heavy atom. The van der Waals surface area contributed by atoms with Crippen LogP contribution in [0.25, 0.3) is 0 Å². The largest absolute Gasteiger partial charge is 0.350 e. The number of benzene rings is 1. The number of rotatable bonds is 3. The minimum absolute atomic E-state index is 0.300. The van der Waals surface area contributed by atoms with Crippen molar-refractivity contribution >= 4 is 6.03 Å². The predicted molar refractivity (Wildman–Crippen MR) is 60.2 cm³/mol. The molecule has 2 amide bonds. The molecule has 1 unspecified atom stereocenters. The summed E-state index contributed by atoms with van der Waals surface area (Å²) in [5, 5.41) is 9.78. The molecule has 1 atom stereocenters. The number of hydrogen-bond acceptors (Lipinski definition) is 2. The normalized spacial score (nSPS) is 18.2. The van der Waals surface area contributed by atoms with Crippen LogP contribution >= 0.6 is 0 Å². The molecule has 0 fully saturated rings. The molecular weight excluding hydrogens is 204 g/mol. The lowest BCUT2D eigenvalue weighted by atomic mass is 9.98. The van der Waals surface area contributed by atoms with Crippen LogP contribution in [0.3, 0.4) is 0 Å². The Morgan fingerprint density at radius 1 is 1.50 bits per heavy atom. The summed E-state index contributed by atoms with van der Waals surface area (Å²) in [7, 11) is 0. The van der Waals surface area contributed by atoms with Gasteiger partial charge in [-0.25, -0.2) is 9.86 Å². The van der Waals surface area contributed by atoms with Gasteiger partial charge in [0, 0.05) is 0 Å². The molecule has 2 rings (SSSR count). The maximum absolute atomic E-state index is 10.6. The number of aryl methyl sites for hydroxylation is 1. The van der Waals surface area contributed by atoms with Crippen LogP contribution in [0.5, 0.6) is 0 Å². The van der Waals surface area contributed by atoms with Crippen LogP contribution in [0.2, 0.25) is 0 Å². The van der Waals surface area contributed by atoms with Crippen molar-refractivity contribution in [3.8, 4) is 0 Å². The van der Waals surface area contributed by atoms with E-state index in [-0.39, 0.29) is 0 Å². The van der Waals surface area contributed by atoms with Crippen LogP contribution in [0.4, 0.5) is 4.79 Å². The van der Waals surface area contributed by atoms with Crippen molar-refractivity contribution in [1.29, 1.82) is 0 Å². The van der Waals surface area contributed by atoms with Crippen molar-refractivity contribution in [1.82, 2.24) is 5.06 Å². The molecule has 0 heterocycles. The third kappa shape index (κ3) is 2.17. The van der Waals surface area contributed by atoms with E-state index in [1.54, 1.807) is 0 Å². The van der Waals surface area contributed by atoms with Crippen molar-refractivity contribution < 1.29 is 10.0 Å². The molecule has 0 saturated heterocycles. The molecule has 0 aliphatic heterocycles. The molecule has 1 aromatic rings. The molecule has 4 heteroatoms. The quantitative estimate of drug-likeness (QED) is 0.603. The van der Waals surface area contributed by atoms with Crippen LogP contribution in [0, 0.1) is 0 Å². The number of hydrogen-bond donors (Lipinski definition) is 2. The van der Waals surface area contributed by atoms with Crippen LogP contribution < -0.4 is 5.73 Å². The number of hydroxylamine groups is 2. The van der Waals surface area contributed by atoms with Crippen molar-refractivity contribution in [2.24, 2.45) is 5.73 Å². The van der Waals surface area contributed by atoms with Gasteiger partial charge in [0.1, 0.15) is 0 Å². The Bertz CT molecular complexity index is 392. The van der Waals surface area contributed by atoms with Crippen LogP contribution in [-0.4, -0.2) is 22.8 Å². The lowest BCUT2D eigenvalue weighted by molar-refractivity contribution is -0.0411. The molecule has 16 heavy (non-hydrogen) atoms. The Kier molecular flexibility index (Phi) is 3.10. The predicted octanol–water partition coefficient (Wildman–Crippen LogP) is 1.88. The van der Waals surface area contributed by atoms with Gasteiger partial charge in [0.05, 0.1) is 6.54 Å². The van der Waals surface area contributed by atoms with Crippen molar-refractivity contribution in [3.05, 3.63) is 35.4 Å². The second kappa shape index (κ2) is 4.53. The highest BCUT2D eigenvalue weighted by Crippen LogP contribution is 2.35. The van der Waals surface area contributed by atoms with Crippen molar-refractivity contribution in [2.75, 3.05) is 6.54 Å². The number of carbonyl (C=O) groups excluding carboxylic acids is 1. The molecule has 1 aromatic carbocycles. The molecule has 86 valence electrons. The van der Waals surface area contributed by atoms with Gasteiger partial charge < -0.3 is 5.73 Å². The number of fused-ring (bicyclic) bond motifs is 1. The number of nitrogens with zero attached hydrogens (tertiary/aromatic N) is 1. The first-order chi connectivity index (χ1) is 7.68. The zero-order valence-electron chi connectivity index (χ0n) is 9.10. The third-order valence-corrected chi connectivity index (χ3v) is 3.20. The van der Waals surface area contributed by atoms with Gasteiger partial charge in [0.25, 0.3) is 0 Å². The Labute approximate surface area is 94.6 Å². The molecular formula is C12H16N2O2. The van der Waals surface area contributed by atoms with E-state index in [9.17, 15) is 10.0 Å². The van der Waals surface area contributed by atoms with Crippen LogP contribution in [-0.2, 0) is 6.42 Å². The summed E-state index contributed by atoms with van der Waals surface area (Å²) in [6.45, 7) is 0.300. The first kappa shape index (κ1) is 11.0. The minimum Gasteiger partial charge on any atom is -0.350 e. The van der Waals surface area contributed by atoms with Crippen molar-refractivity contribution in [3.63, 3.8) is 0 Å². The molecule has 0 radical (unpaired) electrons. The summed E-state index contributed by atoms with van der Waals surface area (Å²) in [5.41, 5.74) is 7.69. The average molecular weight is 220 g/mol. The van der Waals surface area contributed by atoms with Gasteiger partial charge in [-0.05, 0) is 36.3 Å². The van der Waals surface area contributed by atoms with E-state index in [4.69, 9.17) is 5.73 Å². The van der Waals surface area contributed by atoms with Crippen molar-refractivity contribution in [2.45, 2.75) is 25.2 Å². The fourth-order valence-electron chi connectivity index (χ4n) is 2.33. The lowest BCUT2D eigenvalue weighted by Gasteiger charge is -2.16. The SMILES string of the molecule is NC(=O)N(O)CCC1CCc2ccccc21. The molecule has 1 aliphatic carbocycles. The summed E-state index contributed by atoms with van der Waals surface area (Å²) in [6, 6.07) is 7.55. The third-order valence-electron chi connectivity index (χ3n) is 3.20. The Balaban J connectivity index is 1.96. The van der Waals surface area contributed by atoms with Crippen LogP contribution in [0.15, 0.2) is 24.3 Å². The molecule has 0 bridgehead atoms. The molecule has 4 nitrogen and oxygen atoms in total. The minimum atomic E-state index is -0.786. The highest BCUT2D eigenvalue weighted by Gasteiger charge is 2.22. The summed E-state index contributed by atoms with van der Waals surface area (Å²) in [5.74, 6) is 0.435. The van der Waals surface area contributed by atoms with E-state index in [2.05, 4.69) is 12.1 Å². The molecule has 0 saturated carbocycles. The zero-order valence-corrected chi connectivity index (χ0v) is 9.10. The lowest BCUT2D eigenvalue weighted by Crippen LogP contribution is -2.33. The smallest absolute Gasteiger partial charge is 0.338 e. The number of primary amides is 1. The summed E-state index contributed by atoms with van der Waals surface area (Å²) in [4.78, 5) is 10.6. The van der Waals surface area contributed by atoms with Gasteiger partial charge in [-0.15, -0.1) is 0 Å². The topological polar surface area (TPSA) is 66.6 Å². The van der Waals surface area contributed by atoms with E-state index < -0.39 is 6.03 Å². The summed E-state index contributed by atoms with van der Waals surface area (Å²) >= 11 is 0. The number of nitrogens with two attached hydrogens (primary N) is 1. The first-order valence-electron chi connectivity index (χ1n) is 5.52. The molecule has 3 N–H and O–H groups in total. The van der Waals surface area contributed by atoms with E-state index in [0.717, 1.165) is 19.3 Å². The zero-order chi connectivity index (χ0) is 11.5. The number of amides is 2. The number of urea groups is 1. The van der Waals surface area contributed by atoms with Gasteiger partial charge in [-0.2, -0.15) is 0 Å². The second-order valence-electron chi connectivity index (χ2n) is 4.18. The Morgan fingerprint density at radius 2 is 2.25 bits per heavy atom.